The predicted octanol–water partition coefficient (Wildman–Crippen LogP) is 3.57. The van der Waals surface area contributed by atoms with Gasteiger partial charge in [-0.3, -0.25) is 14.9 Å². The number of aryl methyl sites for hydroxylation is 1. The van der Waals surface area contributed by atoms with E-state index in [0.717, 1.165) is 22.6 Å². The van der Waals surface area contributed by atoms with Gasteiger partial charge in [0.1, 0.15) is 0 Å². The van der Waals surface area contributed by atoms with Crippen LogP contribution in [0.1, 0.15) is 28.1 Å². The lowest BCUT2D eigenvalue weighted by molar-refractivity contribution is -0.385. The van der Waals surface area contributed by atoms with Gasteiger partial charge in [-0.05, 0) is 44.2 Å². The first-order valence-corrected chi connectivity index (χ1v) is 9.14. The molecule has 3 aromatic rings. The molecule has 8 heteroatoms. The molecule has 1 aromatic heterocycles. The van der Waals surface area contributed by atoms with Crippen LogP contribution in [0.15, 0.2) is 59.7 Å². The Hall–Kier alpha value is -4.25. The van der Waals surface area contributed by atoms with E-state index in [1.54, 1.807) is 36.5 Å². The SMILES string of the molecule is Cc1cc(C=NNC(=O)Cc2ccccc2[N+](=O)[O-])c(C)n1-c1ccc(C#N)cc1. The number of nitro benzene ring substituents is 1. The number of carbonyl (C=O) groups excluding carboxylic acids is 1. The van der Waals surface area contributed by atoms with E-state index in [2.05, 4.69) is 16.6 Å². The lowest BCUT2D eigenvalue weighted by Gasteiger charge is -2.09. The second kappa shape index (κ2) is 8.84. The summed E-state index contributed by atoms with van der Waals surface area (Å²) in [4.78, 5) is 22.7. The third kappa shape index (κ3) is 4.42. The highest BCUT2D eigenvalue weighted by atomic mass is 16.6. The highest BCUT2D eigenvalue weighted by Crippen LogP contribution is 2.20. The number of hydrogen-bond acceptors (Lipinski definition) is 5. The molecule has 0 fully saturated rings. The van der Waals surface area contributed by atoms with E-state index in [1.807, 2.05) is 36.6 Å². The van der Waals surface area contributed by atoms with Crippen molar-refractivity contribution in [1.82, 2.24) is 9.99 Å². The second-order valence-corrected chi connectivity index (χ2v) is 6.68. The summed E-state index contributed by atoms with van der Waals surface area (Å²) in [6, 6.07) is 17.4. The molecule has 2 aromatic carbocycles. The van der Waals surface area contributed by atoms with E-state index in [9.17, 15) is 14.9 Å². The van der Waals surface area contributed by atoms with Crippen LogP contribution in [0.2, 0.25) is 0 Å². The number of para-hydroxylation sites is 1. The van der Waals surface area contributed by atoms with E-state index in [4.69, 9.17) is 5.26 Å². The minimum atomic E-state index is -0.510. The lowest BCUT2D eigenvalue weighted by Crippen LogP contribution is -2.20. The fourth-order valence-corrected chi connectivity index (χ4v) is 3.23. The Kier molecular flexibility index (Phi) is 6.03. The molecule has 3 rings (SSSR count). The van der Waals surface area contributed by atoms with E-state index in [1.165, 1.54) is 6.07 Å². The van der Waals surface area contributed by atoms with E-state index >= 15 is 0 Å². The maximum absolute atomic E-state index is 12.1. The molecule has 0 saturated carbocycles. The van der Waals surface area contributed by atoms with E-state index in [0.29, 0.717) is 11.1 Å². The summed E-state index contributed by atoms with van der Waals surface area (Å²) in [7, 11) is 0. The minimum Gasteiger partial charge on any atom is -0.318 e. The Bertz CT molecular complexity index is 1170. The summed E-state index contributed by atoms with van der Waals surface area (Å²) < 4.78 is 2.03. The molecule has 0 unspecified atom stereocenters. The molecular weight excluding hydrogens is 382 g/mol. The molecule has 0 saturated heterocycles. The van der Waals surface area contributed by atoms with Gasteiger partial charge >= 0.3 is 0 Å². The number of nitriles is 1. The van der Waals surface area contributed by atoms with Gasteiger partial charge in [0.05, 0.1) is 29.2 Å². The van der Waals surface area contributed by atoms with Crippen LogP contribution in [0.5, 0.6) is 0 Å². The minimum absolute atomic E-state index is 0.0948. The van der Waals surface area contributed by atoms with Crippen LogP contribution in [-0.2, 0) is 11.2 Å². The Morgan fingerprint density at radius 1 is 1.23 bits per heavy atom. The van der Waals surface area contributed by atoms with Crippen molar-refractivity contribution in [1.29, 1.82) is 5.26 Å². The molecule has 0 aliphatic heterocycles. The highest BCUT2D eigenvalue weighted by molar-refractivity contribution is 5.85. The molecule has 8 nitrogen and oxygen atoms in total. The zero-order chi connectivity index (χ0) is 21.7. The molecule has 0 aliphatic rings. The number of hydrazone groups is 1. The zero-order valence-electron chi connectivity index (χ0n) is 16.5. The Morgan fingerprint density at radius 3 is 2.60 bits per heavy atom. The van der Waals surface area contributed by atoms with E-state index < -0.39 is 10.8 Å². The van der Waals surface area contributed by atoms with Crippen molar-refractivity contribution in [2.45, 2.75) is 20.3 Å². The topological polar surface area (TPSA) is 113 Å². The third-order valence-electron chi connectivity index (χ3n) is 4.66. The first kappa shape index (κ1) is 20.5. The van der Waals surface area contributed by atoms with E-state index in [-0.39, 0.29) is 12.1 Å². The van der Waals surface area contributed by atoms with Crippen molar-refractivity contribution in [3.63, 3.8) is 0 Å². The van der Waals surface area contributed by atoms with Crippen molar-refractivity contribution >= 4 is 17.8 Å². The number of hydrogen-bond donors (Lipinski definition) is 1. The normalized spacial score (nSPS) is 10.7. The number of nitrogens with zero attached hydrogens (tertiary/aromatic N) is 4. The summed E-state index contributed by atoms with van der Waals surface area (Å²) in [5, 5.41) is 24.0. The van der Waals surface area contributed by atoms with Gasteiger partial charge in [0.25, 0.3) is 5.69 Å². The second-order valence-electron chi connectivity index (χ2n) is 6.68. The highest BCUT2D eigenvalue weighted by Gasteiger charge is 2.15. The number of rotatable bonds is 6. The van der Waals surface area contributed by atoms with Crippen LogP contribution < -0.4 is 5.43 Å². The standard InChI is InChI=1S/C22H19N5O3/c1-15-11-19(16(2)26(15)20-9-7-17(13-23)8-10-20)14-24-25-22(28)12-18-5-3-4-6-21(18)27(29)30/h3-11,14H,12H2,1-2H3,(H,25,28). The number of aromatic nitrogens is 1. The van der Waals surface area contributed by atoms with Gasteiger partial charge < -0.3 is 4.57 Å². The first-order chi connectivity index (χ1) is 14.4. The molecule has 0 atom stereocenters. The third-order valence-corrected chi connectivity index (χ3v) is 4.66. The van der Waals surface area contributed by atoms with Crippen LogP contribution >= 0.6 is 0 Å². The Morgan fingerprint density at radius 2 is 1.93 bits per heavy atom. The molecule has 1 heterocycles. The molecule has 1 N–H and O–H groups in total. The number of benzene rings is 2. The largest absolute Gasteiger partial charge is 0.318 e. The quantitative estimate of drug-likeness (QED) is 0.386. The Balaban J connectivity index is 1.72. The summed E-state index contributed by atoms with van der Waals surface area (Å²) in [6.45, 7) is 3.89. The lowest BCUT2D eigenvalue weighted by atomic mass is 10.1. The summed E-state index contributed by atoms with van der Waals surface area (Å²) in [5.74, 6) is -0.443. The number of nitrogens with one attached hydrogen (secondary N) is 1. The van der Waals surface area contributed by atoms with Gasteiger partial charge in [-0.1, -0.05) is 18.2 Å². The molecule has 0 aliphatic carbocycles. The smallest absolute Gasteiger partial charge is 0.273 e. The average Bonchev–Trinajstić information content (AvgIpc) is 3.01. The van der Waals surface area contributed by atoms with Crippen LogP contribution in [0.25, 0.3) is 5.69 Å². The molecule has 0 bridgehead atoms. The molecule has 0 radical (unpaired) electrons. The Labute approximate surface area is 173 Å². The van der Waals surface area contributed by atoms with Gasteiger partial charge in [-0.2, -0.15) is 10.4 Å². The summed E-state index contributed by atoms with van der Waals surface area (Å²) >= 11 is 0. The van der Waals surface area contributed by atoms with Gasteiger partial charge in [0, 0.05) is 34.3 Å². The molecule has 0 spiro atoms. The van der Waals surface area contributed by atoms with Gasteiger partial charge in [0.2, 0.25) is 5.91 Å². The number of carbonyl (C=O) groups is 1. The molecular formula is C22H19N5O3. The maximum Gasteiger partial charge on any atom is 0.273 e. The van der Waals surface area contributed by atoms with Crippen LogP contribution in [0, 0.1) is 35.3 Å². The molecule has 1 amide bonds. The summed E-state index contributed by atoms with van der Waals surface area (Å²) in [5.41, 5.74) is 6.88. The number of nitro groups is 1. The first-order valence-electron chi connectivity index (χ1n) is 9.14. The van der Waals surface area contributed by atoms with Crippen LogP contribution in [0.4, 0.5) is 5.69 Å². The predicted molar refractivity (Wildman–Crippen MR) is 112 cm³/mol. The fourth-order valence-electron chi connectivity index (χ4n) is 3.23. The summed E-state index contributed by atoms with van der Waals surface area (Å²) in [6.07, 6.45) is 1.40. The van der Waals surface area contributed by atoms with Crippen molar-refractivity contribution in [3.05, 3.63) is 92.8 Å². The molecule has 30 heavy (non-hydrogen) atoms. The average molecular weight is 401 g/mol. The molecule has 150 valence electrons. The number of amides is 1. The monoisotopic (exact) mass is 401 g/mol. The zero-order valence-corrected chi connectivity index (χ0v) is 16.5. The fraction of sp³-hybridized carbons (Fsp3) is 0.136. The maximum atomic E-state index is 12.1. The van der Waals surface area contributed by atoms with Gasteiger partial charge in [-0.25, -0.2) is 5.43 Å². The van der Waals surface area contributed by atoms with Gasteiger partial charge in [-0.15, -0.1) is 0 Å². The van der Waals surface area contributed by atoms with Gasteiger partial charge in [0.15, 0.2) is 0 Å². The van der Waals surface area contributed by atoms with Crippen molar-refractivity contribution in [2.24, 2.45) is 5.10 Å². The van der Waals surface area contributed by atoms with Crippen molar-refractivity contribution < 1.29 is 9.72 Å². The van der Waals surface area contributed by atoms with Crippen molar-refractivity contribution in [3.8, 4) is 11.8 Å². The van der Waals surface area contributed by atoms with Crippen molar-refractivity contribution in [2.75, 3.05) is 0 Å². The van der Waals surface area contributed by atoms with Crippen LogP contribution in [-0.4, -0.2) is 21.6 Å². The van der Waals surface area contributed by atoms with Crippen LogP contribution in [0.3, 0.4) is 0 Å².